The third-order valence-electron chi connectivity index (χ3n) is 2.58. The molecular weight excluding hydrogens is 186 g/mol. The van der Waals surface area contributed by atoms with Gasteiger partial charge in [-0.15, -0.1) is 11.6 Å². The minimum atomic E-state index is 0.602. The summed E-state index contributed by atoms with van der Waals surface area (Å²) in [5.41, 5.74) is 0. The molecule has 78 valence electrons. The molecule has 1 atom stereocenters. The molecular formula is C10H20ClNO. The monoisotopic (exact) mass is 205 g/mol. The van der Waals surface area contributed by atoms with E-state index in [4.69, 9.17) is 16.3 Å². The predicted molar refractivity (Wildman–Crippen MR) is 56.4 cm³/mol. The van der Waals surface area contributed by atoms with Crippen molar-refractivity contribution in [1.29, 1.82) is 0 Å². The number of ether oxygens (including phenoxy) is 1. The van der Waals surface area contributed by atoms with E-state index in [9.17, 15) is 0 Å². The molecule has 0 spiro atoms. The summed E-state index contributed by atoms with van der Waals surface area (Å²) in [6.45, 7) is 6.35. The van der Waals surface area contributed by atoms with Crippen molar-refractivity contribution in [1.82, 2.24) is 4.90 Å². The van der Waals surface area contributed by atoms with Crippen molar-refractivity contribution in [3.63, 3.8) is 0 Å². The highest BCUT2D eigenvalue weighted by Gasteiger charge is 2.17. The Morgan fingerprint density at radius 1 is 1.38 bits per heavy atom. The fraction of sp³-hybridized carbons (Fsp3) is 1.00. The van der Waals surface area contributed by atoms with Crippen LogP contribution in [0.25, 0.3) is 0 Å². The minimum absolute atomic E-state index is 0.602. The van der Waals surface area contributed by atoms with Crippen LogP contribution in [0, 0.1) is 0 Å². The molecule has 3 heteroatoms. The van der Waals surface area contributed by atoms with Gasteiger partial charge in [0.1, 0.15) is 0 Å². The van der Waals surface area contributed by atoms with E-state index in [1.165, 1.54) is 19.4 Å². The molecule has 0 saturated carbocycles. The molecule has 1 rings (SSSR count). The van der Waals surface area contributed by atoms with Crippen LogP contribution in [0.5, 0.6) is 0 Å². The van der Waals surface area contributed by atoms with E-state index in [-0.39, 0.29) is 0 Å². The largest absolute Gasteiger partial charge is 0.379 e. The maximum absolute atomic E-state index is 5.62. The van der Waals surface area contributed by atoms with Crippen molar-refractivity contribution < 1.29 is 4.74 Å². The fourth-order valence-corrected chi connectivity index (χ4v) is 1.87. The van der Waals surface area contributed by atoms with Crippen molar-refractivity contribution in [2.24, 2.45) is 0 Å². The number of hydrogen-bond donors (Lipinski definition) is 0. The number of morpholine rings is 1. The average molecular weight is 206 g/mol. The number of halogens is 1. The second-order valence-electron chi connectivity index (χ2n) is 3.71. The zero-order valence-electron chi connectivity index (χ0n) is 8.47. The summed E-state index contributed by atoms with van der Waals surface area (Å²) in [6, 6.07) is 0.602. The molecule has 2 nitrogen and oxygen atoms in total. The van der Waals surface area contributed by atoms with Crippen LogP contribution in [0.15, 0.2) is 0 Å². The molecule has 1 saturated heterocycles. The van der Waals surface area contributed by atoms with Gasteiger partial charge in [-0.05, 0) is 26.3 Å². The lowest BCUT2D eigenvalue weighted by Gasteiger charge is -2.33. The highest BCUT2D eigenvalue weighted by atomic mass is 35.5. The van der Waals surface area contributed by atoms with Gasteiger partial charge >= 0.3 is 0 Å². The number of nitrogens with zero attached hydrogens (tertiary/aromatic N) is 1. The molecule has 1 fully saturated rings. The Hall–Kier alpha value is 0.210. The van der Waals surface area contributed by atoms with Crippen LogP contribution < -0.4 is 0 Å². The number of rotatable bonds is 5. The predicted octanol–water partition coefficient (Wildman–Crippen LogP) is 2.12. The molecule has 0 aromatic rings. The van der Waals surface area contributed by atoms with Gasteiger partial charge in [-0.3, -0.25) is 4.90 Å². The molecule has 0 bridgehead atoms. The van der Waals surface area contributed by atoms with E-state index >= 15 is 0 Å². The van der Waals surface area contributed by atoms with E-state index < -0.39 is 0 Å². The van der Waals surface area contributed by atoms with E-state index in [0.29, 0.717) is 6.04 Å². The van der Waals surface area contributed by atoms with Crippen molar-refractivity contribution in [2.75, 3.05) is 32.2 Å². The number of hydrogen-bond acceptors (Lipinski definition) is 2. The van der Waals surface area contributed by atoms with Crippen molar-refractivity contribution in [3.8, 4) is 0 Å². The lowest BCUT2D eigenvalue weighted by Crippen LogP contribution is -2.43. The molecule has 1 heterocycles. The van der Waals surface area contributed by atoms with E-state index in [0.717, 1.165) is 32.1 Å². The van der Waals surface area contributed by atoms with Gasteiger partial charge in [-0.1, -0.05) is 6.42 Å². The Morgan fingerprint density at radius 2 is 2.23 bits per heavy atom. The highest BCUT2D eigenvalue weighted by molar-refractivity contribution is 6.17. The summed E-state index contributed by atoms with van der Waals surface area (Å²) in [6.07, 6.45) is 3.69. The first-order valence-corrected chi connectivity index (χ1v) is 5.76. The SMILES string of the molecule is CC1COCCN1CCCCCCl. The van der Waals surface area contributed by atoms with Gasteiger partial charge in [0.15, 0.2) is 0 Å². The van der Waals surface area contributed by atoms with Crippen LogP contribution in [0.4, 0.5) is 0 Å². The van der Waals surface area contributed by atoms with E-state index in [1.807, 2.05) is 0 Å². The number of alkyl halides is 1. The van der Waals surface area contributed by atoms with Gasteiger partial charge in [0.25, 0.3) is 0 Å². The van der Waals surface area contributed by atoms with Gasteiger partial charge in [0, 0.05) is 18.5 Å². The third kappa shape index (κ3) is 4.30. The quantitative estimate of drug-likeness (QED) is 0.504. The molecule has 0 aromatic heterocycles. The Kier molecular flexibility index (Phi) is 5.76. The molecule has 0 aromatic carbocycles. The van der Waals surface area contributed by atoms with Gasteiger partial charge in [0.2, 0.25) is 0 Å². The standard InChI is InChI=1S/C10H20ClNO/c1-10-9-13-8-7-12(10)6-4-2-3-5-11/h10H,2-9H2,1H3. The summed E-state index contributed by atoms with van der Waals surface area (Å²) >= 11 is 5.62. The molecule has 0 N–H and O–H groups in total. The first kappa shape index (κ1) is 11.3. The molecule has 0 radical (unpaired) electrons. The Balaban J connectivity index is 2.05. The molecule has 0 aliphatic carbocycles. The zero-order chi connectivity index (χ0) is 9.52. The second kappa shape index (κ2) is 6.63. The smallest absolute Gasteiger partial charge is 0.0619 e. The molecule has 1 aliphatic rings. The van der Waals surface area contributed by atoms with E-state index in [1.54, 1.807) is 0 Å². The van der Waals surface area contributed by atoms with Gasteiger partial charge in [-0.2, -0.15) is 0 Å². The first-order valence-electron chi connectivity index (χ1n) is 5.22. The summed E-state index contributed by atoms with van der Waals surface area (Å²) in [4.78, 5) is 2.51. The Morgan fingerprint density at radius 3 is 2.92 bits per heavy atom. The molecule has 1 unspecified atom stereocenters. The maximum Gasteiger partial charge on any atom is 0.0619 e. The molecule has 1 aliphatic heterocycles. The summed E-state index contributed by atoms with van der Waals surface area (Å²) in [7, 11) is 0. The molecule has 0 amide bonds. The normalized spacial score (nSPS) is 24.9. The van der Waals surface area contributed by atoms with Gasteiger partial charge in [-0.25, -0.2) is 0 Å². The summed E-state index contributed by atoms with van der Waals surface area (Å²) in [5.74, 6) is 0.804. The lowest BCUT2D eigenvalue weighted by atomic mass is 10.2. The van der Waals surface area contributed by atoms with Crippen LogP contribution in [-0.4, -0.2) is 43.1 Å². The van der Waals surface area contributed by atoms with Crippen LogP contribution in [0.2, 0.25) is 0 Å². The first-order chi connectivity index (χ1) is 6.34. The van der Waals surface area contributed by atoms with Crippen molar-refractivity contribution >= 4 is 11.6 Å². The van der Waals surface area contributed by atoms with Crippen molar-refractivity contribution in [3.05, 3.63) is 0 Å². The van der Waals surface area contributed by atoms with Crippen LogP contribution >= 0.6 is 11.6 Å². The van der Waals surface area contributed by atoms with Crippen LogP contribution in [0.1, 0.15) is 26.2 Å². The number of unbranched alkanes of at least 4 members (excludes halogenated alkanes) is 2. The van der Waals surface area contributed by atoms with Gasteiger partial charge < -0.3 is 4.74 Å². The molecule has 13 heavy (non-hydrogen) atoms. The summed E-state index contributed by atoms with van der Waals surface area (Å²) < 4.78 is 5.38. The topological polar surface area (TPSA) is 12.5 Å². The second-order valence-corrected chi connectivity index (χ2v) is 4.09. The van der Waals surface area contributed by atoms with Crippen molar-refractivity contribution in [2.45, 2.75) is 32.2 Å². The fourth-order valence-electron chi connectivity index (χ4n) is 1.68. The zero-order valence-corrected chi connectivity index (χ0v) is 9.22. The van der Waals surface area contributed by atoms with Crippen LogP contribution in [0.3, 0.4) is 0 Å². The van der Waals surface area contributed by atoms with E-state index in [2.05, 4.69) is 11.8 Å². The minimum Gasteiger partial charge on any atom is -0.379 e. The Bertz CT molecular complexity index is 132. The maximum atomic E-state index is 5.62. The van der Waals surface area contributed by atoms with Gasteiger partial charge in [0.05, 0.1) is 13.2 Å². The Labute approximate surface area is 86.2 Å². The highest BCUT2D eigenvalue weighted by Crippen LogP contribution is 2.08. The average Bonchev–Trinajstić information content (AvgIpc) is 2.15. The van der Waals surface area contributed by atoms with Crippen LogP contribution in [-0.2, 0) is 4.74 Å². The third-order valence-corrected chi connectivity index (χ3v) is 2.85. The summed E-state index contributed by atoms with van der Waals surface area (Å²) in [5, 5.41) is 0. The lowest BCUT2D eigenvalue weighted by molar-refractivity contribution is -0.000863.